The van der Waals surface area contributed by atoms with Gasteiger partial charge < -0.3 is 4.42 Å². The largest absolute Gasteiger partial charge is 0.419 e. The summed E-state index contributed by atoms with van der Waals surface area (Å²) in [5.41, 5.74) is 0.848. The first kappa shape index (κ1) is 16.4. The maximum Gasteiger partial charge on any atom is 0.248 e. The van der Waals surface area contributed by atoms with Crippen molar-refractivity contribution in [2.45, 2.75) is 37.2 Å². The van der Waals surface area contributed by atoms with Gasteiger partial charge in [-0.3, -0.25) is 4.68 Å². The number of hydrogen-bond donors (Lipinski definition) is 0. The zero-order valence-electron chi connectivity index (χ0n) is 13.6. The second-order valence-electron chi connectivity index (χ2n) is 5.76. The molecule has 1 aliphatic heterocycles. The standard InChI is InChI=1S/C15H17N5O3S2/c1-2-19-9-12(8-16-19)25(21,22)20-6-3-4-13(20)15-18-17-14(23-15)11-5-7-24-10-11/h5,7-10,13H,2-4,6H2,1H3/t13-/m0/s1. The van der Waals surface area contributed by atoms with Crippen molar-refractivity contribution in [3.63, 3.8) is 0 Å². The lowest BCUT2D eigenvalue weighted by Crippen LogP contribution is -2.30. The van der Waals surface area contributed by atoms with Gasteiger partial charge in [-0.2, -0.15) is 20.7 Å². The van der Waals surface area contributed by atoms with Crippen molar-refractivity contribution < 1.29 is 12.8 Å². The quantitative estimate of drug-likeness (QED) is 0.676. The molecule has 0 saturated carbocycles. The van der Waals surface area contributed by atoms with Gasteiger partial charge in [0.1, 0.15) is 10.9 Å². The first-order chi connectivity index (χ1) is 12.1. The summed E-state index contributed by atoms with van der Waals surface area (Å²) in [4.78, 5) is 0.193. The Kier molecular flexibility index (Phi) is 4.18. The average Bonchev–Trinajstić information content (AvgIpc) is 3.42. The highest BCUT2D eigenvalue weighted by atomic mass is 32.2. The van der Waals surface area contributed by atoms with Crippen LogP contribution in [0.15, 0.2) is 38.5 Å². The Balaban J connectivity index is 1.64. The van der Waals surface area contributed by atoms with E-state index in [0.29, 0.717) is 31.3 Å². The number of aromatic nitrogens is 4. The van der Waals surface area contributed by atoms with Crippen molar-refractivity contribution >= 4 is 21.4 Å². The molecule has 4 rings (SSSR count). The van der Waals surface area contributed by atoms with Crippen molar-refractivity contribution in [3.8, 4) is 11.5 Å². The fourth-order valence-corrected chi connectivity index (χ4v) is 5.17. The first-order valence-corrected chi connectivity index (χ1v) is 10.4. The molecule has 8 nitrogen and oxygen atoms in total. The average molecular weight is 379 g/mol. The third-order valence-electron chi connectivity index (χ3n) is 4.24. The summed E-state index contributed by atoms with van der Waals surface area (Å²) >= 11 is 1.54. The van der Waals surface area contributed by atoms with Crippen LogP contribution >= 0.6 is 11.3 Å². The molecule has 3 aromatic heterocycles. The predicted molar refractivity (Wildman–Crippen MR) is 91.4 cm³/mol. The van der Waals surface area contributed by atoms with Gasteiger partial charge in [0, 0.05) is 30.2 Å². The van der Waals surface area contributed by atoms with E-state index in [1.807, 2.05) is 23.8 Å². The molecule has 1 saturated heterocycles. The Labute approximate surface area is 149 Å². The molecule has 1 fully saturated rings. The molecule has 0 amide bonds. The zero-order valence-corrected chi connectivity index (χ0v) is 15.2. The zero-order chi connectivity index (χ0) is 17.4. The number of sulfonamides is 1. The summed E-state index contributed by atoms with van der Waals surface area (Å²) in [6, 6.07) is 1.46. The van der Waals surface area contributed by atoms with Crippen molar-refractivity contribution in [1.29, 1.82) is 0 Å². The Morgan fingerprint density at radius 2 is 2.28 bits per heavy atom. The predicted octanol–water partition coefficient (Wildman–Crippen LogP) is 2.54. The molecule has 0 N–H and O–H groups in total. The van der Waals surface area contributed by atoms with Crippen LogP contribution in [0.3, 0.4) is 0 Å². The molecule has 10 heteroatoms. The molecule has 25 heavy (non-hydrogen) atoms. The van der Waals surface area contributed by atoms with E-state index < -0.39 is 16.1 Å². The van der Waals surface area contributed by atoms with Gasteiger partial charge in [-0.1, -0.05) is 0 Å². The highest BCUT2D eigenvalue weighted by Gasteiger charge is 2.39. The van der Waals surface area contributed by atoms with E-state index in [4.69, 9.17) is 4.42 Å². The molecule has 0 aromatic carbocycles. The maximum absolute atomic E-state index is 13.0. The van der Waals surface area contributed by atoms with E-state index in [9.17, 15) is 8.42 Å². The molecule has 0 radical (unpaired) electrons. The van der Waals surface area contributed by atoms with Crippen LogP contribution < -0.4 is 0 Å². The van der Waals surface area contributed by atoms with Crippen LogP contribution in [-0.4, -0.2) is 39.2 Å². The first-order valence-electron chi connectivity index (χ1n) is 8.00. The van der Waals surface area contributed by atoms with Gasteiger partial charge in [-0.15, -0.1) is 10.2 Å². The van der Waals surface area contributed by atoms with Gasteiger partial charge in [0.2, 0.25) is 21.8 Å². The van der Waals surface area contributed by atoms with Crippen molar-refractivity contribution in [1.82, 2.24) is 24.3 Å². The lowest BCUT2D eigenvalue weighted by Gasteiger charge is -2.20. The topological polar surface area (TPSA) is 94.1 Å². The highest BCUT2D eigenvalue weighted by Crippen LogP contribution is 2.36. The molecule has 0 spiro atoms. The van der Waals surface area contributed by atoms with Crippen LogP contribution in [0, 0.1) is 0 Å². The molecule has 1 atom stereocenters. The van der Waals surface area contributed by atoms with Crippen molar-refractivity contribution in [3.05, 3.63) is 35.1 Å². The van der Waals surface area contributed by atoms with Gasteiger partial charge >= 0.3 is 0 Å². The Bertz CT molecular complexity index is 961. The van der Waals surface area contributed by atoms with Gasteiger partial charge in [0.15, 0.2) is 0 Å². The van der Waals surface area contributed by atoms with E-state index in [2.05, 4.69) is 15.3 Å². The minimum atomic E-state index is -3.65. The van der Waals surface area contributed by atoms with E-state index in [1.165, 1.54) is 21.8 Å². The third kappa shape index (κ3) is 2.90. The Morgan fingerprint density at radius 1 is 1.40 bits per heavy atom. The normalized spacial score (nSPS) is 18.8. The SMILES string of the molecule is CCn1cc(S(=O)(=O)N2CCC[C@H]2c2nnc(-c3ccsc3)o2)cn1. The molecule has 1 aliphatic rings. The summed E-state index contributed by atoms with van der Waals surface area (Å²) in [5.74, 6) is 0.754. The number of rotatable bonds is 5. The number of thiophene rings is 1. The maximum atomic E-state index is 13.0. The second-order valence-corrected chi connectivity index (χ2v) is 8.43. The van der Waals surface area contributed by atoms with E-state index in [0.717, 1.165) is 12.0 Å². The van der Waals surface area contributed by atoms with Crippen LogP contribution in [0.5, 0.6) is 0 Å². The van der Waals surface area contributed by atoms with Gasteiger partial charge in [-0.25, -0.2) is 8.42 Å². The summed E-state index contributed by atoms with van der Waals surface area (Å²) in [6.07, 6.45) is 4.35. The van der Waals surface area contributed by atoms with Gasteiger partial charge in [-0.05, 0) is 31.2 Å². The molecular weight excluding hydrogens is 362 g/mol. The lowest BCUT2D eigenvalue weighted by molar-refractivity contribution is 0.332. The van der Waals surface area contributed by atoms with E-state index in [-0.39, 0.29) is 4.90 Å². The Hall–Kier alpha value is -2.04. The smallest absolute Gasteiger partial charge is 0.248 e. The van der Waals surface area contributed by atoms with Gasteiger partial charge in [0.25, 0.3) is 0 Å². The molecule has 0 aliphatic carbocycles. The van der Waals surface area contributed by atoms with Crippen LogP contribution in [0.2, 0.25) is 0 Å². The number of nitrogens with zero attached hydrogens (tertiary/aromatic N) is 5. The summed E-state index contributed by atoms with van der Waals surface area (Å²) < 4.78 is 34.7. The fraction of sp³-hybridized carbons (Fsp3) is 0.400. The fourth-order valence-electron chi connectivity index (χ4n) is 2.93. The van der Waals surface area contributed by atoms with Crippen molar-refractivity contribution in [2.75, 3.05) is 6.54 Å². The van der Waals surface area contributed by atoms with Crippen LogP contribution in [0.1, 0.15) is 31.7 Å². The molecule has 132 valence electrons. The second kappa shape index (κ2) is 6.36. The van der Waals surface area contributed by atoms with Crippen LogP contribution in [0.4, 0.5) is 0 Å². The summed E-state index contributed by atoms with van der Waals surface area (Å²) in [5, 5.41) is 16.1. The van der Waals surface area contributed by atoms with Crippen LogP contribution in [0.25, 0.3) is 11.5 Å². The third-order valence-corrected chi connectivity index (χ3v) is 6.78. The molecular formula is C15H17N5O3S2. The minimum Gasteiger partial charge on any atom is -0.419 e. The Morgan fingerprint density at radius 3 is 3.00 bits per heavy atom. The summed E-state index contributed by atoms with van der Waals surface area (Å²) in [6.45, 7) is 2.96. The lowest BCUT2D eigenvalue weighted by atomic mass is 10.2. The number of hydrogen-bond acceptors (Lipinski definition) is 7. The summed E-state index contributed by atoms with van der Waals surface area (Å²) in [7, 11) is -3.65. The molecule has 0 unspecified atom stereocenters. The van der Waals surface area contributed by atoms with Gasteiger partial charge in [0.05, 0.1) is 6.20 Å². The molecule has 3 aromatic rings. The molecule has 0 bridgehead atoms. The monoisotopic (exact) mass is 379 g/mol. The van der Waals surface area contributed by atoms with Crippen molar-refractivity contribution in [2.24, 2.45) is 0 Å². The molecule has 4 heterocycles. The highest BCUT2D eigenvalue weighted by molar-refractivity contribution is 7.89. The van der Waals surface area contributed by atoms with E-state index in [1.54, 1.807) is 10.9 Å². The van der Waals surface area contributed by atoms with Crippen LogP contribution in [-0.2, 0) is 16.6 Å². The number of aryl methyl sites for hydroxylation is 1. The van der Waals surface area contributed by atoms with E-state index >= 15 is 0 Å². The minimum absolute atomic E-state index is 0.193.